The Kier molecular flexibility index (Phi) is 4.14. The molecule has 4 heteroatoms. The molecule has 0 saturated carbocycles. The van der Waals surface area contributed by atoms with Gasteiger partial charge in [-0.05, 0) is 29.7 Å². The third kappa shape index (κ3) is 3.02. The van der Waals surface area contributed by atoms with Gasteiger partial charge >= 0.3 is 0 Å². The zero-order valence-corrected chi connectivity index (χ0v) is 12.7. The lowest BCUT2D eigenvalue weighted by molar-refractivity contribution is 0.415. The van der Waals surface area contributed by atoms with Crippen LogP contribution in [0, 0.1) is 0 Å². The van der Waals surface area contributed by atoms with E-state index in [1.54, 1.807) is 7.11 Å². The first-order valence-corrected chi connectivity index (χ1v) is 6.88. The van der Waals surface area contributed by atoms with Crippen LogP contribution in [0.2, 0.25) is 0 Å². The van der Waals surface area contributed by atoms with Crippen LogP contribution in [0.15, 0.2) is 24.4 Å². The average molecular weight is 273 g/mol. The standard InChI is InChI=1S/C16H23N3O/c1-16(2,3)11-5-6-14(20-4)12(9-11)13-10-18-15(19-13)7-8-17/h5-6,9-10H,7-8,17H2,1-4H3,(H,18,19). The minimum absolute atomic E-state index is 0.0983. The smallest absolute Gasteiger partial charge is 0.128 e. The fraction of sp³-hybridized carbons (Fsp3) is 0.438. The van der Waals surface area contributed by atoms with Crippen molar-refractivity contribution in [3.05, 3.63) is 35.8 Å². The van der Waals surface area contributed by atoms with E-state index in [1.165, 1.54) is 5.56 Å². The Hall–Kier alpha value is -1.81. The predicted molar refractivity (Wildman–Crippen MR) is 82.0 cm³/mol. The van der Waals surface area contributed by atoms with Crippen LogP contribution in [0.5, 0.6) is 5.75 Å². The van der Waals surface area contributed by atoms with Gasteiger partial charge in [-0.3, -0.25) is 0 Å². The van der Waals surface area contributed by atoms with Crippen molar-refractivity contribution in [1.29, 1.82) is 0 Å². The summed E-state index contributed by atoms with van der Waals surface area (Å²) in [5, 5.41) is 0. The Morgan fingerprint density at radius 1 is 1.30 bits per heavy atom. The van der Waals surface area contributed by atoms with E-state index in [-0.39, 0.29) is 5.41 Å². The van der Waals surface area contributed by atoms with Crippen molar-refractivity contribution in [3.8, 4) is 17.0 Å². The molecular weight excluding hydrogens is 250 g/mol. The summed E-state index contributed by atoms with van der Waals surface area (Å²) in [7, 11) is 1.69. The summed E-state index contributed by atoms with van der Waals surface area (Å²) in [6.07, 6.45) is 2.59. The summed E-state index contributed by atoms with van der Waals surface area (Å²) in [5.74, 6) is 1.76. The molecule has 0 saturated heterocycles. The molecule has 0 bridgehead atoms. The first-order valence-electron chi connectivity index (χ1n) is 6.88. The number of methoxy groups -OCH3 is 1. The molecule has 20 heavy (non-hydrogen) atoms. The third-order valence-electron chi connectivity index (χ3n) is 3.37. The molecule has 0 atom stereocenters. The maximum absolute atomic E-state index is 5.56. The van der Waals surface area contributed by atoms with E-state index in [9.17, 15) is 0 Å². The van der Waals surface area contributed by atoms with Crippen LogP contribution in [0.1, 0.15) is 32.2 Å². The molecule has 0 fully saturated rings. The Labute approximate surface area is 120 Å². The maximum Gasteiger partial charge on any atom is 0.128 e. The quantitative estimate of drug-likeness (QED) is 0.900. The summed E-state index contributed by atoms with van der Waals surface area (Å²) in [5.41, 5.74) is 8.93. The maximum atomic E-state index is 5.56. The summed E-state index contributed by atoms with van der Waals surface area (Å²) in [4.78, 5) is 7.67. The van der Waals surface area contributed by atoms with Crippen LogP contribution in [-0.2, 0) is 11.8 Å². The second-order valence-electron chi connectivity index (χ2n) is 5.95. The number of rotatable bonds is 4. The van der Waals surface area contributed by atoms with Gasteiger partial charge in [0.25, 0.3) is 0 Å². The topological polar surface area (TPSA) is 63.9 Å². The minimum atomic E-state index is 0.0983. The molecule has 4 nitrogen and oxygen atoms in total. The number of hydrogen-bond acceptors (Lipinski definition) is 3. The molecule has 2 aromatic rings. The van der Waals surface area contributed by atoms with E-state index in [0.29, 0.717) is 6.54 Å². The summed E-state index contributed by atoms with van der Waals surface area (Å²) in [6, 6.07) is 6.29. The summed E-state index contributed by atoms with van der Waals surface area (Å²) < 4.78 is 5.46. The highest BCUT2D eigenvalue weighted by atomic mass is 16.5. The van der Waals surface area contributed by atoms with Crippen molar-refractivity contribution in [2.24, 2.45) is 5.73 Å². The Balaban J connectivity index is 2.46. The Morgan fingerprint density at radius 2 is 2.05 bits per heavy atom. The minimum Gasteiger partial charge on any atom is -0.496 e. The van der Waals surface area contributed by atoms with E-state index in [4.69, 9.17) is 10.5 Å². The number of aromatic nitrogens is 2. The molecular formula is C16H23N3O. The number of hydrogen-bond donors (Lipinski definition) is 2. The van der Waals surface area contributed by atoms with Gasteiger partial charge in [0.1, 0.15) is 11.6 Å². The zero-order valence-electron chi connectivity index (χ0n) is 12.7. The molecule has 1 heterocycles. The van der Waals surface area contributed by atoms with Gasteiger partial charge < -0.3 is 15.5 Å². The van der Waals surface area contributed by atoms with Gasteiger partial charge in [0.2, 0.25) is 0 Å². The van der Waals surface area contributed by atoms with Crippen LogP contribution < -0.4 is 10.5 Å². The number of benzene rings is 1. The number of nitrogens with one attached hydrogen (secondary N) is 1. The second-order valence-corrected chi connectivity index (χ2v) is 5.95. The van der Waals surface area contributed by atoms with Gasteiger partial charge in [-0.25, -0.2) is 4.98 Å². The van der Waals surface area contributed by atoms with Gasteiger partial charge in [0, 0.05) is 12.0 Å². The van der Waals surface area contributed by atoms with Crippen molar-refractivity contribution >= 4 is 0 Å². The number of nitrogens with zero attached hydrogens (tertiary/aromatic N) is 1. The van der Waals surface area contributed by atoms with Gasteiger partial charge in [-0.1, -0.05) is 26.8 Å². The van der Waals surface area contributed by atoms with Gasteiger partial charge in [-0.2, -0.15) is 0 Å². The monoisotopic (exact) mass is 273 g/mol. The summed E-state index contributed by atoms with van der Waals surface area (Å²) in [6.45, 7) is 7.19. The van der Waals surface area contributed by atoms with Gasteiger partial charge in [-0.15, -0.1) is 0 Å². The molecule has 0 aliphatic heterocycles. The summed E-state index contributed by atoms with van der Waals surface area (Å²) >= 11 is 0. The highest BCUT2D eigenvalue weighted by Gasteiger charge is 2.17. The second kappa shape index (κ2) is 5.67. The third-order valence-corrected chi connectivity index (χ3v) is 3.37. The van der Waals surface area contributed by atoms with Crippen LogP contribution in [0.4, 0.5) is 0 Å². The largest absolute Gasteiger partial charge is 0.496 e. The van der Waals surface area contributed by atoms with E-state index >= 15 is 0 Å². The first-order chi connectivity index (χ1) is 9.45. The van der Waals surface area contributed by atoms with Gasteiger partial charge in [0.15, 0.2) is 0 Å². The molecule has 0 amide bonds. The molecule has 0 unspecified atom stereocenters. The molecule has 108 valence electrons. The lowest BCUT2D eigenvalue weighted by Crippen LogP contribution is -2.11. The molecule has 0 aliphatic carbocycles. The van der Waals surface area contributed by atoms with Gasteiger partial charge in [0.05, 0.1) is 19.0 Å². The number of H-pyrrole nitrogens is 1. The molecule has 0 spiro atoms. The van der Waals surface area contributed by atoms with Crippen molar-refractivity contribution < 1.29 is 4.74 Å². The first kappa shape index (κ1) is 14.6. The molecule has 0 radical (unpaired) electrons. The van der Waals surface area contributed by atoms with Crippen LogP contribution in [-0.4, -0.2) is 23.6 Å². The van der Waals surface area contributed by atoms with E-state index in [0.717, 1.165) is 29.3 Å². The Bertz CT molecular complexity index is 582. The van der Waals surface area contributed by atoms with E-state index < -0.39 is 0 Å². The normalized spacial score (nSPS) is 11.7. The highest BCUT2D eigenvalue weighted by molar-refractivity contribution is 5.68. The number of aromatic amines is 1. The number of nitrogens with two attached hydrogens (primary N) is 1. The molecule has 1 aromatic heterocycles. The SMILES string of the molecule is COc1ccc(C(C)(C)C)cc1-c1cnc(CCN)[nH]1. The number of imidazole rings is 1. The highest BCUT2D eigenvalue weighted by Crippen LogP contribution is 2.33. The average Bonchev–Trinajstić information content (AvgIpc) is 2.86. The van der Waals surface area contributed by atoms with Crippen molar-refractivity contribution in [3.63, 3.8) is 0 Å². The van der Waals surface area contributed by atoms with Crippen molar-refractivity contribution in [2.45, 2.75) is 32.6 Å². The Morgan fingerprint density at radius 3 is 2.65 bits per heavy atom. The lowest BCUT2D eigenvalue weighted by atomic mass is 9.86. The lowest BCUT2D eigenvalue weighted by Gasteiger charge is -2.20. The fourth-order valence-corrected chi connectivity index (χ4v) is 2.15. The molecule has 1 aromatic carbocycles. The fourth-order valence-electron chi connectivity index (χ4n) is 2.15. The number of ether oxygens (including phenoxy) is 1. The van der Waals surface area contributed by atoms with Crippen LogP contribution in [0.3, 0.4) is 0 Å². The predicted octanol–water partition coefficient (Wildman–Crippen LogP) is 2.88. The van der Waals surface area contributed by atoms with Crippen LogP contribution >= 0.6 is 0 Å². The van der Waals surface area contributed by atoms with Crippen molar-refractivity contribution in [2.75, 3.05) is 13.7 Å². The van der Waals surface area contributed by atoms with E-state index in [1.807, 2.05) is 12.3 Å². The zero-order chi connectivity index (χ0) is 14.8. The molecule has 3 N–H and O–H groups in total. The molecule has 2 rings (SSSR count). The van der Waals surface area contributed by atoms with Crippen molar-refractivity contribution in [1.82, 2.24) is 9.97 Å². The molecule has 0 aliphatic rings. The van der Waals surface area contributed by atoms with E-state index in [2.05, 4.69) is 42.9 Å². The van der Waals surface area contributed by atoms with Crippen LogP contribution in [0.25, 0.3) is 11.3 Å².